The van der Waals surface area contributed by atoms with E-state index in [9.17, 15) is 9.59 Å². The molecule has 1 aromatic rings. The van der Waals surface area contributed by atoms with Gasteiger partial charge in [-0.25, -0.2) is 0 Å². The number of rotatable bonds is 6. The number of amides is 2. The molecule has 1 aromatic carbocycles. The third kappa shape index (κ3) is 4.33. The van der Waals surface area contributed by atoms with E-state index in [1.54, 1.807) is 23.1 Å². The molecule has 1 atom stereocenters. The van der Waals surface area contributed by atoms with Gasteiger partial charge >= 0.3 is 0 Å². The first-order valence-electron chi connectivity index (χ1n) is 9.19. The minimum absolute atomic E-state index is 0.0520. The van der Waals surface area contributed by atoms with Crippen LogP contribution in [0.25, 0.3) is 0 Å². The predicted molar refractivity (Wildman–Crippen MR) is 105 cm³/mol. The van der Waals surface area contributed by atoms with Crippen molar-refractivity contribution in [2.75, 3.05) is 31.5 Å². The average Bonchev–Trinajstić information content (AvgIpc) is 3.30. The van der Waals surface area contributed by atoms with Gasteiger partial charge in [-0.3, -0.25) is 9.59 Å². The van der Waals surface area contributed by atoms with Gasteiger partial charge in [0.05, 0.1) is 17.3 Å². The molecule has 26 heavy (non-hydrogen) atoms. The van der Waals surface area contributed by atoms with Crippen LogP contribution in [-0.4, -0.2) is 42.9 Å². The zero-order valence-corrected chi connectivity index (χ0v) is 16.5. The number of nitrogens with one attached hydrogen (secondary N) is 2. The Morgan fingerprint density at radius 3 is 2.69 bits per heavy atom. The SMILES string of the molecule is CCCN(CC(=O)Nc1ccc(Cl)cc1Cl)C(=O)C1CC12CCNCC2. The first-order valence-corrected chi connectivity index (χ1v) is 9.95. The molecule has 1 aliphatic heterocycles. The van der Waals surface area contributed by atoms with E-state index in [0.717, 1.165) is 38.8 Å². The van der Waals surface area contributed by atoms with E-state index >= 15 is 0 Å². The summed E-state index contributed by atoms with van der Waals surface area (Å²) in [6.45, 7) is 4.61. The fourth-order valence-electron chi connectivity index (χ4n) is 3.89. The number of hydrogen-bond acceptors (Lipinski definition) is 3. The van der Waals surface area contributed by atoms with Crippen LogP contribution < -0.4 is 10.6 Å². The summed E-state index contributed by atoms with van der Waals surface area (Å²) in [5, 5.41) is 7.03. The van der Waals surface area contributed by atoms with Crippen molar-refractivity contribution in [3.05, 3.63) is 28.2 Å². The van der Waals surface area contributed by atoms with E-state index in [-0.39, 0.29) is 29.7 Å². The van der Waals surface area contributed by atoms with Crippen LogP contribution in [0.2, 0.25) is 10.0 Å². The maximum atomic E-state index is 13.0. The van der Waals surface area contributed by atoms with E-state index in [2.05, 4.69) is 10.6 Å². The van der Waals surface area contributed by atoms with Crippen LogP contribution in [0.4, 0.5) is 5.69 Å². The lowest BCUT2D eigenvalue weighted by atomic mass is 9.91. The van der Waals surface area contributed by atoms with Crippen LogP contribution >= 0.6 is 23.2 Å². The lowest BCUT2D eigenvalue weighted by Crippen LogP contribution is -2.41. The van der Waals surface area contributed by atoms with Gasteiger partial charge in [0, 0.05) is 17.5 Å². The second-order valence-electron chi connectivity index (χ2n) is 7.30. The van der Waals surface area contributed by atoms with E-state index < -0.39 is 0 Å². The highest BCUT2D eigenvalue weighted by atomic mass is 35.5. The highest BCUT2D eigenvalue weighted by Crippen LogP contribution is 2.59. The van der Waals surface area contributed by atoms with Crippen molar-refractivity contribution >= 4 is 40.7 Å². The highest BCUT2D eigenvalue weighted by Gasteiger charge is 2.58. The highest BCUT2D eigenvalue weighted by molar-refractivity contribution is 6.36. The number of anilines is 1. The quantitative estimate of drug-likeness (QED) is 0.771. The van der Waals surface area contributed by atoms with E-state index in [1.165, 1.54) is 0 Å². The molecule has 1 unspecified atom stereocenters. The minimum atomic E-state index is -0.240. The molecular weight excluding hydrogens is 373 g/mol. The lowest BCUT2D eigenvalue weighted by Gasteiger charge is -2.26. The van der Waals surface area contributed by atoms with Gasteiger partial charge in [-0.2, -0.15) is 0 Å². The Morgan fingerprint density at radius 2 is 2.04 bits per heavy atom. The monoisotopic (exact) mass is 397 g/mol. The molecule has 142 valence electrons. The number of carbonyl (C=O) groups excluding carboxylic acids is 2. The van der Waals surface area contributed by atoms with Gasteiger partial charge in [-0.15, -0.1) is 0 Å². The molecule has 3 rings (SSSR count). The molecule has 1 heterocycles. The molecule has 0 radical (unpaired) electrons. The van der Waals surface area contributed by atoms with Crippen molar-refractivity contribution in [3.8, 4) is 0 Å². The summed E-state index contributed by atoms with van der Waals surface area (Å²) in [7, 11) is 0. The normalized spacial score (nSPS) is 20.7. The van der Waals surface area contributed by atoms with Gasteiger partial charge < -0.3 is 15.5 Å². The van der Waals surface area contributed by atoms with Crippen molar-refractivity contribution in [3.63, 3.8) is 0 Å². The van der Waals surface area contributed by atoms with E-state index in [4.69, 9.17) is 23.2 Å². The van der Waals surface area contributed by atoms with Crippen molar-refractivity contribution in [1.82, 2.24) is 10.2 Å². The first-order chi connectivity index (χ1) is 12.4. The van der Waals surface area contributed by atoms with Crippen molar-refractivity contribution < 1.29 is 9.59 Å². The molecule has 1 saturated heterocycles. The first kappa shape index (κ1) is 19.5. The molecule has 2 amide bonds. The average molecular weight is 398 g/mol. The van der Waals surface area contributed by atoms with Gasteiger partial charge in [0.1, 0.15) is 0 Å². The summed E-state index contributed by atoms with van der Waals surface area (Å²) < 4.78 is 0. The maximum absolute atomic E-state index is 13.0. The molecule has 2 fully saturated rings. The Hall–Kier alpha value is -1.30. The summed E-state index contributed by atoms with van der Waals surface area (Å²) in [5.41, 5.74) is 0.677. The largest absolute Gasteiger partial charge is 0.333 e. The van der Waals surface area contributed by atoms with Gasteiger partial charge in [-0.1, -0.05) is 30.1 Å². The Bertz CT molecular complexity index is 689. The zero-order valence-electron chi connectivity index (χ0n) is 15.0. The molecule has 0 aromatic heterocycles. The molecule has 1 spiro atoms. The number of benzene rings is 1. The van der Waals surface area contributed by atoms with Gasteiger partial charge in [0.25, 0.3) is 0 Å². The maximum Gasteiger partial charge on any atom is 0.244 e. The fourth-order valence-corrected chi connectivity index (χ4v) is 4.34. The van der Waals surface area contributed by atoms with Crippen LogP contribution in [0.1, 0.15) is 32.6 Å². The molecule has 1 aliphatic carbocycles. The second kappa shape index (κ2) is 8.15. The molecule has 1 saturated carbocycles. The zero-order chi connectivity index (χ0) is 18.7. The second-order valence-corrected chi connectivity index (χ2v) is 8.14. The molecule has 7 heteroatoms. The summed E-state index contributed by atoms with van der Waals surface area (Å²) in [5.74, 6) is -0.0507. The number of halogens is 2. The predicted octanol–water partition coefficient (Wildman–Crippen LogP) is 3.56. The Balaban J connectivity index is 1.61. The van der Waals surface area contributed by atoms with E-state index in [0.29, 0.717) is 22.3 Å². The van der Waals surface area contributed by atoms with Crippen LogP contribution in [0.3, 0.4) is 0 Å². The summed E-state index contributed by atoms with van der Waals surface area (Å²) in [4.78, 5) is 27.1. The van der Waals surface area contributed by atoms with Gasteiger partial charge in [0.15, 0.2) is 0 Å². The van der Waals surface area contributed by atoms with Crippen molar-refractivity contribution in [2.24, 2.45) is 11.3 Å². The topological polar surface area (TPSA) is 61.4 Å². The third-order valence-corrected chi connectivity index (χ3v) is 5.98. The number of carbonyl (C=O) groups is 2. The number of nitrogens with zero attached hydrogens (tertiary/aromatic N) is 1. The molecule has 0 bridgehead atoms. The van der Waals surface area contributed by atoms with Crippen LogP contribution in [0.15, 0.2) is 18.2 Å². The number of piperidine rings is 1. The lowest BCUT2D eigenvalue weighted by molar-refractivity contribution is -0.136. The summed E-state index contributed by atoms with van der Waals surface area (Å²) in [6.07, 6.45) is 3.88. The Morgan fingerprint density at radius 1 is 1.31 bits per heavy atom. The van der Waals surface area contributed by atoms with Crippen LogP contribution in [-0.2, 0) is 9.59 Å². The van der Waals surface area contributed by atoms with Crippen molar-refractivity contribution in [1.29, 1.82) is 0 Å². The minimum Gasteiger partial charge on any atom is -0.333 e. The number of hydrogen-bond donors (Lipinski definition) is 2. The van der Waals surface area contributed by atoms with Gasteiger partial charge in [-0.05, 0) is 62.4 Å². The van der Waals surface area contributed by atoms with Gasteiger partial charge in [0.2, 0.25) is 11.8 Å². The summed E-state index contributed by atoms with van der Waals surface area (Å²) >= 11 is 12.0. The summed E-state index contributed by atoms with van der Waals surface area (Å²) in [6, 6.07) is 4.92. The van der Waals surface area contributed by atoms with Crippen LogP contribution in [0, 0.1) is 11.3 Å². The third-order valence-electron chi connectivity index (χ3n) is 5.43. The molecular formula is C19H25Cl2N3O2. The Labute approximate surface area is 164 Å². The van der Waals surface area contributed by atoms with Crippen LogP contribution in [0.5, 0.6) is 0 Å². The molecule has 5 nitrogen and oxygen atoms in total. The van der Waals surface area contributed by atoms with Crippen molar-refractivity contribution in [2.45, 2.75) is 32.6 Å². The van der Waals surface area contributed by atoms with E-state index in [1.807, 2.05) is 6.92 Å². The Kier molecular flexibility index (Phi) is 6.10. The smallest absolute Gasteiger partial charge is 0.244 e. The fraction of sp³-hybridized carbons (Fsp3) is 0.579. The molecule has 2 N–H and O–H groups in total. The molecule has 2 aliphatic rings. The standard InChI is InChI=1S/C19H25Cl2N3O2/c1-2-9-24(18(26)14-11-19(14)5-7-22-8-6-19)12-17(25)23-16-4-3-13(20)10-15(16)21/h3-4,10,14,22H,2,5-9,11-12H2,1H3,(H,23,25).